The predicted octanol–water partition coefficient (Wildman–Crippen LogP) is 2.52. The molecule has 0 radical (unpaired) electrons. The molecule has 2 aromatic rings. The van der Waals surface area contributed by atoms with Gasteiger partial charge in [0, 0.05) is 33.3 Å². The van der Waals surface area contributed by atoms with Gasteiger partial charge in [0.05, 0.1) is 4.90 Å². The molecule has 0 N–H and O–H groups in total. The number of sulfonamides is 1. The van der Waals surface area contributed by atoms with Crippen molar-refractivity contribution >= 4 is 15.9 Å². The normalized spacial score (nSPS) is 11.5. The summed E-state index contributed by atoms with van der Waals surface area (Å²) in [7, 11) is 1.08. The minimum absolute atomic E-state index is 0.120. The highest BCUT2D eigenvalue weighted by molar-refractivity contribution is 7.89. The zero-order valence-corrected chi connectivity index (χ0v) is 15.2. The lowest BCUT2D eigenvalue weighted by molar-refractivity contribution is 0.0784. The lowest BCUT2D eigenvalue weighted by Gasteiger charge is -2.19. The van der Waals surface area contributed by atoms with Crippen LogP contribution in [-0.4, -0.2) is 44.7 Å². The van der Waals surface area contributed by atoms with Gasteiger partial charge in [0.15, 0.2) is 0 Å². The Morgan fingerprint density at radius 1 is 1.00 bits per heavy atom. The Balaban J connectivity index is 2.32. The van der Waals surface area contributed by atoms with E-state index in [1.807, 2.05) is 30.3 Å². The Morgan fingerprint density at radius 3 is 2.21 bits per heavy atom. The molecule has 0 atom stereocenters. The summed E-state index contributed by atoms with van der Waals surface area (Å²) in [5.74, 6) is -0.202. The molecule has 2 rings (SSSR count). The van der Waals surface area contributed by atoms with Gasteiger partial charge in [0.25, 0.3) is 5.91 Å². The molecule has 0 saturated carbocycles. The number of benzene rings is 2. The largest absolute Gasteiger partial charge is 0.337 e. The molecule has 6 heteroatoms. The molecule has 1 amide bonds. The van der Waals surface area contributed by atoms with E-state index in [9.17, 15) is 13.2 Å². The van der Waals surface area contributed by atoms with Crippen molar-refractivity contribution < 1.29 is 13.2 Å². The fourth-order valence-corrected chi connectivity index (χ4v) is 3.27. The Kier molecular flexibility index (Phi) is 5.41. The van der Waals surface area contributed by atoms with Crippen molar-refractivity contribution in [3.05, 3.63) is 65.2 Å². The third-order valence-electron chi connectivity index (χ3n) is 3.83. The van der Waals surface area contributed by atoms with Crippen LogP contribution >= 0.6 is 0 Å². The molecule has 24 heavy (non-hydrogen) atoms. The van der Waals surface area contributed by atoms with Crippen LogP contribution in [0.5, 0.6) is 0 Å². The van der Waals surface area contributed by atoms with Gasteiger partial charge in [-0.1, -0.05) is 36.4 Å². The summed E-state index contributed by atoms with van der Waals surface area (Å²) in [4.78, 5) is 14.4. The Morgan fingerprint density at radius 2 is 1.62 bits per heavy atom. The van der Waals surface area contributed by atoms with E-state index in [1.54, 1.807) is 24.9 Å². The van der Waals surface area contributed by atoms with E-state index in [-0.39, 0.29) is 10.8 Å². The second-order valence-electron chi connectivity index (χ2n) is 5.91. The van der Waals surface area contributed by atoms with Crippen molar-refractivity contribution in [1.82, 2.24) is 9.21 Å². The van der Waals surface area contributed by atoms with Crippen LogP contribution in [0.15, 0.2) is 53.4 Å². The van der Waals surface area contributed by atoms with Crippen LogP contribution in [0.4, 0.5) is 0 Å². The van der Waals surface area contributed by atoms with E-state index >= 15 is 0 Å². The number of carbonyl (C=O) groups is 1. The lowest BCUT2D eigenvalue weighted by Crippen LogP contribution is -2.28. The molecule has 5 nitrogen and oxygen atoms in total. The van der Waals surface area contributed by atoms with Crippen LogP contribution < -0.4 is 0 Å². The van der Waals surface area contributed by atoms with E-state index in [4.69, 9.17) is 0 Å². The first-order valence-corrected chi connectivity index (χ1v) is 9.00. The molecular formula is C18H22N2O3S. The van der Waals surface area contributed by atoms with Gasteiger partial charge in [-0.2, -0.15) is 0 Å². The first kappa shape index (κ1) is 18.2. The molecule has 0 aliphatic heterocycles. The molecule has 0 bridgehead atoms. The number of carbonyl (C=O) groups excluding carboxylic acids is 1. The molecule has 0 saturated heterocycles. The van der Waals surface area contributed by atoms with Crippen molar-refractivity contribution in [3.63, 3.8) is 0 Å². The Labute approximate surface area is 143 Å². The zero-order chi connectivity index (χ0) is 17.9. The van der Waals surface area contributed by atoms with Crippen LogP contribution in [0.3, 0.4) is 0 Å². The fourth-order valence-electron chi connectivity index (χ4n) is 2.34. The van der Waals surface area contributed by atoms with Gasteiger partial charge in [0.1, 0.15) is 0 Å². The second kappa shape index (κ2) is 7.15. The standard InChI is InChI=1S/C18H22N2O3S/c1-14-10-11-16(24(22,23)19(2)3)12-17(14)18(21)20(4)13-15-8-6-5-7-9-15/h5-12H,13H2,1-4H3. The predicted molar refractivity (Wildman–Crippen MR) is 94.3 cm³/mol. The van der Waals surface area contributed by atoms with Crippen molar-refractivity contribution in [2.75, 3.05) is 21.1 Å². The maximum absolute atomic E-state index is 12.7. The number of hydrogen-bond acceptors (Lipinski definition) is 3. The highest BCUT2D eigenvalue weighted by Gasteiger charge is 2.21. The van der Waals surface area contributed by atoms with Gasteiger partial charge in [0.2, 0.25) is 10.0 Å². The van der Waals surface area contributed by atoms with Crippen LogP contribution in [0.25, 0.3) is 0 Å². The molecule has 0 spiro atoms. The summed E-state index contributed by atoms with van der Waals surface area (Å²) >= 11 is 0. The first-order chi connectivity index (χ1) is 11.2. The van der Waals surface area contributed by atoms with Gasteiger partial charge < -0.3 is 4.90 Å². The monoisotopic (exact) mass is 346 g/mol. The van der Waals surface area contributed by atoms with Gasteiger partial charge in [-0.15, -0.1) is 0 Å². The number of aryl methyl sites for hydroxylation is 1. The van der Waals surface area contributed by atoms with Crippen molar-refractivity contribution in [3.8, 4) is 0 Å². The molecule has 0 heterocycles. The van der Waals surface area contributed by atoms with E-state index in [0.717, 1.165) is 15.4 Å². The maximum Gasteiger partial charge on any atom is 0.254 e. The summed E-state index contributed by atoms with van der Waals surface area (Å²) in [5.41, 5.74) is 2.16. The third kappa shape index (κ3) is 3.83. The summed E-state index contributed by atoms with van der Waals surface area (Å²) in [6.45, 7) is 2.26. The van der Waals surface area contributed by atoms with E-state index in [2.05, 4.69) is 0 Å². The number of rotatable bonds is 5. The average Bonchev–Trinajstić information content (AvgIpc) is 2.55. The Hall–Kier alpha value is -2.18. The van der Waals surface area contributed by atoms with Crippen molar-refractivity contribution in [2.24, 2.45) is 0 Å². The molecule has 0 unspecified atom stereocenters. The molecule has 0 fully saturated rings. The highest BCUT2D eigenvalue weighted by atomic mass is 32.2. The lowest BCUT2D eigenvalue weighted by atomic mass is 10.1. The quantitative estimate of drug-likeness (QED) is 0.836. The number of amides is 1. The van der Waals surface area contributed by atoms with E-state index in [0.29, 0.717) is 12.1 Å². The Bertz CT molecular complexity index is 831. The molecule has 0 aromatic heterocycles. The van der Waals surface area contributed by atoms with Crippen molar-refractivity contribution in [2.45, 2.75) is 18.4 Å². The van der Waals surface area contributed by atoms with Crippen LogP contribution in [-0.2, 0) is 16.6 Å². The van der Waals surface area contributed by atoms with Gasteiger partial charge in [-0.3, -0.25) is 4.79 Å². The van der Waals surface area contributed by atoms with Gasteiger partial charge >= 0.3 is 0 Å². The fraction of sp³-hybridized carbons (Fsp3) is 0.278. The summed E-state index contributed by atoms with van der Waals surface area (Å²) < 4.78 is 25.7. The maximum atomic E-state index is 12.7. The molecule has 2 aromatic carbocycles. The first-order valence-electron chi connectivity index (χ1n) is 7.56. The minimum Gasteiger partial charge on any atom is -0.337 e. The van der Waals surface area contributed by atoms with E-state index in [1.165, 1.54) is 26.2 Å². The molecule has 0 aliphatic carbocycles. The minimum atomic E-state index is -3.57. The second-order valence-corrected chi connectivity index (χ2v) is 8.06. The molecule has 0 aliphatic rings. The van der Waals surface area contributed by atoms with E-state index < -0.39 is 10.0 Å². The van der Waals surface area contributed by atoms with Crippen molar-refractivity contribution in [1.29, 1.82) is 0 Å². The third-order valence-corrected chi connectivity index (χ3v) is 5.64. The number of hydrogen-bond donors (Lipinski definition) is 0. The molecule has 128 valence electrons. The smallest absolute Gasteiger partial charge is 0.254 e. The summed E-state index contributed by atoms with van der Waals surface area (Å²) in [6, 6.07) is 14.3. The van der Waals surface area contributed by atoms with Crippen LogP contribution in [0, 0.1) is 6.92 Å². The average molecular weight is 346 g/mol. The van der Waals surface area contributed by atoms with Crippen LogP contribution in [0.2, 0.25) is 0 Å². The highest BCUT2D eigenvalue weighted by Crippen LogP contribution is 2.20. The van der Waals surface area contributed by atoms with Gasteiger partial charge in [-0.05, 0) is 30.2 Å². The van der Waals surface area contributed by atoms with Crippen LogP contribution in [0.1, 0.15) is 21.5 Å². The number of nitrogens with zero attached hydrogens (tertiary/aromatic N) is 2. The zero-order valence-electron chi connectivity index (χ0n) is 14.4. The summed E-state index contributed by atoms with van der Waals surface area (Å²) in [6.07, 6.45) is 0. The summed E-state index contributed by atoms with van der Waals surface area (Å²) in [5, 5.41) is 0. The van der Waals surface area contributed by atoms with Gasteiger partial charge in [-0.25, -0.2) is 12.7 Å². The topological polar surface area (TPSA) is 57.7 Å². The molecular weight excluding hydrogens is 324 g/mol. The SMILES string of the molecule is Cc1ccc(S(=O)(=O)N(C)C)cc1C(=O)N(C)Cc1ccccc1.